The molecule has 2 N–H and O–H groups in total. The molecule has 0 spiro atoms. The smallest absolute Gasteiger partial charge is 0.315 e. The maximum Gasteiger partial charge on any atom is 0.315 e. The van der Waals surface area contributed by atoms with Gasteiger partial charge in [-0.05, 0) is 13.0 Å². The molecular formula is C17H24N2O5S. The van der Waals surface area contributed by atoms with Crippen LogP contribution in [0.25, 0.3) is 0 Å². The van der Waals surface area contributed by atoms with Crippen LogP contribution in [-0.4, -0.2) is 57.4 Å². The van der Waals surface area contributed by atoms with Crippen molar-refractivity contribution < 1.29 is 22.7 Å². The summed E-state index contributed by atoms with van der Waals surface area (Å²) in [6.07, 6.45) is -0.689. The molecular weight excluding hydrogens is 344 g/mol. The predicted octanol–water partition coefficient (Wildman–Crippen LogP) is 1.05. The minimum atomic E-state index is -3.18. The highest BCUT2D eigenvalue weighted by molar-refractivity contribution is 7.91. The first kappa shape index (κ1) is 18.0. The standard InChI is InChI=1S/C17H24N2O5S/c1-10-12-6-4-5-7-14(12)24-16(10)11(2)18-17(20)19-13-8-25(21,22)9-15(13)23-3/h4-7,10-11,13,15-16H,8-9H2,1-3H3,(H2,18,19,20). The van der Waals surface area contributed by atoms with E-state index in [9.17, 15) is 13.2 Å². The number of ether oxygens (including phenoxy) is 2. The number of urea groups is 1. The number of rotatable bonds is 4. The van der Waals surface area contributed by atoms with Crippen LogP contribution in [0, 0.1) is 0 Å². The molecule has 2 heterocycles. The third-order valence-electron chi connectivity index (χ3n) is 4.94. The van der Waals surface area contributed by atoms with Gasteiger partial charge in [0.15, 0.2) is 9.84 Å². The topological polar surface area (TPSA) is 93.7 Å². The van der Waals surface area contributed by atoms with E-state index in [2.05, 4.69) is 17.6 Å². The first-order valence-corrected chi connectivity index (χ1v) is 10.2. The Balaban J connectivity index is 1.59. The summed E-state index contributed by atoms with van der Waals surface area (Å²) in [5.41, 5.74) is 1.13. The van der Waals surface area contributed by atoms with Crippen LogP contribution in [0.4, 0.5) is 4.79 Å². The number of sulfone groups is 1. The lowest BCUT2D eigenvalue weighted by Crippen LogP contribution is -2.53. The van der Waals surface area contributed by atoms with E-state index in [1.165, 1.54) is 7.11 Å². The van der Waals surface area contributed by atoms with E-state index < -0.39 is 28.0 Å². The maximum absolute atomic E-state index is 12.3. The second-order valence-electron chi connectivity index (χ2n) is 6.77. The van der Waals surface area contributed by atoms with Crippen LogP contribution in [0.3, 0.4) is 0 Å². The van der Waals surface area contributed by atoms with Crippen molar-refractivity contribution in [3.63, 3.8) is 0 Å². The highest BCUT2D eigenvalue weighted by Gasteiger charge is 2.40. The molecule has 1 aromatic rings. The van der Waals surface area contributed by atoms with Gasteiger partial charge in [-0.1, -0.05) is 25.1 Å². The van der Waals surface area contributed by atoms with Crippen molar-refractivity contribution in [1.29, 1.82) is 0 Å². The molecule has 1 aromatic carbocycles. The number of para-hydroxylation sites is 1. The van der Waals surface area contributed by atoms with E-state index in [1.807, 2.05) is 31.2 Å². The maximum atomic E-state index is 12.3. The van der Waals surface area contributed by atoms with E-state index in [-0.39, 0.29) is 29.6 Å². The monoisotopic (exact) mass is 368 g/mol. The van der Waals surface area contributed by atoms with Crippen molar-refractivity contribution in [3.05, 3.63) is 29.8 Å². The second kappa shape index (κ2) is 6.84. The third kappa shape index (κ3) is 3.74. The molecule has 5 atom stereocenters. The van der Waals surface area contributed by atoms with Crippen molar-refractivity contribution in [3.8, 4) is 5.75 Å². The highest BCUT2D eigenvalue weighted by atomic mass is 32.2. The number of benzene rings is 1. The number of amides is 2. The summed E-state index contributed by atoms with van der Waals surface area (Å²) in [4.78, 5) is 12.3. The van der Waals surface area contributed by atoms with Crippen LogP contribution in [-0.2, 0) is 14.6 Å². The average Bonchev–Trinajstić information content (AvgIpc) is 3.04. The van der Waals surface area contributed by atoms with Crippen LogP contribution < -0.4 is 15.4 Å². The molecule has 8 heteroatoms. The van der Waals surface area contributed by atoms with Gasteiger partial charge < -0.3 is 20.1 Å². The zero-order valence-corrected chi connectivity index (χ0v) is 15.4. The van der Waals surface area contributed by atoms with E-state index in [0.717, 1.165) is 11.3 Å². The van der Waals surface area contributed by atoms with Crippen LogP contribution in [0.15, 0.2) is 24.3 Å². The van der Waals surface area contributed by atoms with Crippen molar-refractivity contribution in [2.45, 2.75) is 44.1 Å². The molecule has 25 heavy (non-hydrogen) atoms. The fourth-order valence-electron chi connectivity index (χ4n) is 3.61. The van der Waals surface area contributed by atoms with Gasteiger partial charge in [0.1, 0.15) is 11.9 Å². The van der Waals surface area contributed by atoms with Crippen molar-refractivity contribution in [1.82, 2.24) is 10.6 Å². The van der Waals surface area contributed by atoms with Gasteiger partial charge in [0.05, 0.1) is 29.7 Å². The number of carbonyl (C=O) groups excluding carboxylic acids is 1. The fraction of sp³-hybridized carbons (Fsp3) is 0.588. The van der Waals surface area contributed by atoms with Gasteiger partial charge in [0.25, 0.3) is 0 Å². The summed E-state index contributed by atoms with van der Waals surface area (Å²) in [5, 5.41) is 5.58. The Morgan fingerprint density at radius 1 is 1.32 bits per heavy atom. The number of carbonyl (C=O) groups is 1. The Morgan fingerprint density at radius 2 is 2.04 bits per heavy atom. The summed E-state index contributed by atoms with van der Waals surface area (Å²) in [6.45, 7) is 3.95. The number of hydrogen-bond acceptors (Lipinski definition) is 5. The zero-order valence-electron chi connectivity index (χ0n) is 14.6. The van der Waals surface area contributed by atoms with Gasteiger partial charge in [0.2, 0.25) is 0 Å². The lowest BCUT2D eigenvalue weighted by molar-refractivity contribution is 0.100. The Morgan fingerprint density at radius 3 is 2.72 bits per heavy atom. The summed E-state index contributed by atoms with van der Waals surface area (Å²) >= 11 is 0. The minimum absolute atomic E-state index is 0.0674. The third-order valence-corrected chi connectivity index (χ3v) is 6.64. The zero-order chi connectivity index (χ0) is 18.2. The number of nitrogens with one attached hydrogen (secondary N) is 2. The molecule has 0 aromatic heterocycles. The van der Waals surface area contributed by atoms with E-state index in [1.54, 1.807) is 0 Å². The molecule has 1 fully saturated rings. The summed E-state index contributed by atoms with van der Waals surface area (Å²) in [7, 11) is -1.73. The van der Waals surface area contributed by atoms with Crippen LogP contribution in [0.1, 0.15) is 25.3 Å². The normalized spacial score (nSPS) is 31.0. The van der Waals surface area contributed by atoms with Gasteiger partial charge >= 0.3 is 6.03 Å². The summed E-state index contributed by atoms with van der Waals surface area (Å²) < 4.78 is 34.6. The van der Waals surface area contributed by atoms with Crippen LogP contribution in [0.2, 0.25) is 0 Å². The summed E-state index contributed by atoms with van der Waals surface area (Å²) in [5.74, 6) is 0.831. The molecule has 2 amide bonds. The van der Waals surface area contributed by atoms with E-state index in [4.69, 9.17) is 9.47 Å². The molecule has 2 aliphatic rings. The van der Waals surface area contributed by atoms with Crippen molar-refractivity contribution in [2.75, 3.05) is 18.6 Å². The molecule has 5 unspecified atom stereocenters. The lowest BCUT2D eigenvalue weighted by atomic mass is 9.94. The van der Waals surface area contributed by atoms with Gasteiger partial charge in [-0.25, -0.2) is 13.2 Å². The second-order valence-corrected chi connectivity index (χ2v) is 8.93. The minimum Gasteiger partial charge on any atom is -0.487 e. The molecule has 1 saturated heterocycles. The van der Waals surface area contributed by atoms with E-state index in [0.29, 0.717) is 0 Å². The molecule has 7 nitrogen and oxygen atoms in total. The SMILES string of the molecule is COC1CS(=O)(=O)CC1NC(=O)NC(C)C1Oc2ccccc2C1C. The van der Waals surface area contributed by atoms with Crippen molar-refractivity contribution in [2.24, 2.45) is 0 Å². The number of methoxy groups -OCH3 is 1. The Labute approximate surface area is 148 Å². The first-order valence-electron chi connectivity index (χ1n) is 8.36. The lowest BCUT2D eigenvalue weighted by Gasteiger charge is -2.25. The Kier molecular flexibility index (Phi) is 4.92. The summed E-state index contributed by atoms with van der Waals surface area (Å²) in [6, 6.07) is 6.65. The molecule has 0 bridgehead atoms. The van der Waals surface area contributed by atoms with Gasteiger partial charge in [-0.2, -0.15) is 0 Å². The highest BCUT2D eigenvalue weighted by Crippen LogP contribution is 2.38. The van der Waals surface area contributed by atoms with Crippen molar-refractivity contribution >= 4 is 15.9 Å². The number of hydrogen-bond donors (Lipinski definition) is 2. The number of fused-ring (bicyclic) bond motifs is 1. The van der Waals surface area contributed by atoms with Crippen LogP contribution in [0.5, 0.6) is 5.75 Å². The molecule has 138 valence electrons. The average molecular weight is 368 g/mol. The molecule has 0 saturated carbocycles. The largest absolute Gasteiger partial charge is 0.487 e. The quantitative estimate of drug-likeness (QED) is 0.829. The van der Waals surface area contributed by atoms with Gasteiger partial charge in [-0.15, -0.1) is 0 Å². The van der Waals surface area contributed by atoms with Gasteiger partial charge in [-0.3, -0.25) is 0 Å². The Bertz CT molecular complexity index is 751. The molecule has 0 aliphatic carbocycles. The van der Waals surface area contributed by atoms with Crippen LogP contribution >= 0.6 is 0 Å². The molecule has 0 radical (unpaired) electrons. The molecule has 3 rings (SSSR count). The van der Waals surface area contributed by atoms with E-state index >= 15 is 0 Å². The molecule has 2 aliphatic heterocycles. The Hall–Kier alpha value is -1.80. The van der Waals surface area contributed by atoms with Gasteiger partial charge in [0, 0.05) is 18.6 Å². The predicted molar refractivity (Wildman–Crippen MR) is 93.6 cm³/mol. The fourth-order valence-corrected chi connectivity index (χ4v) is 5.46. The first-order chi connectivity index (χ1) is 11.8.